The lowest BCUT2D eigenvalue weighted by Crippen LogP contribution is -2.51. The van der Waals surface area contributed by atoms with Crippen molar-refractivity contribution in [2.75, 3.05) is 6.61 Å². The minimum absolute atomic E-state index is 0.0839. The summed E-state index contributed by atoms with van der Waals surface area (Å²) in [6.45, 7) is 4.24. The Labute approximate surface area is 233 Å². The summed E-state index contributed by atoms with van der Waals surface area (Å²) in [6, 6.07) is 21.1. The van der Waals surface area contributed by atoms with Gasteiger partial charge in [-0.3, -0.25) is 9.59 Å². The highest BCUT2D eigenvalue weighted by molar-refractivity contribution is 6.36. The molecule has 2 amide bonds. The van der Waals surface area contributed by atoms with Crippen molar-refractivity contribution in [3.8, 4) is 5.75 Å². The summed E-state index contributed by atoms with van der Waals surface area (Å²) in [5, 5.41) is 4.49. The number of ether oxygens (including phenoxy) is 1. The van der Waals surface area contributed by atoms with Crippen molar-refractivity contribution < 1.29 is 14.3 Å². The molecule has 0 spiro atoms. The molecule has 1 N–H and O–H groups in total. The molecule has 0 unspecified atom stereocenters. The van der Waals surface area contributed by atoms with Crippen LogP contribution in [0, 0.1) is 0 Å². The van der Waals surface area contributed by atoms with E-state index in [0.717, 1.165) is 5.56 Å². The lowest BCUT2D eigenvalue weighted by atomic mass is 10.0. The molecule has 196 valence electrons. The molecule has 0 heterocycles. The van der Waals surface area contributed by atoms with Gasteiger partial charge in [-0.25, -0.2) is 0 Å². The van der Waals surface area contributed by atoms with Crippen molar-refractivity contribution in [1.82, 2.24) is 10.2 Å². The van der Waals surface area contributed by atoms with E-state index in [4.69, 9.17) is 39.5 Å². The SMILES string of the molecule is CC(C)NC(=O)[C@@H](Cc1ccccc1)N(Cc1c(Cl)cccc1Cl)C(=O)CCCOc1ccc(Cl)cc1. The molecule has 0 saturated carbocycles. The van der Waals surface area contributed by atoms with Crippen molar-refractivity contribution in [2.24, 2.45) is 0 Å². The summed E-state index contributed by atoms with van der Waals surface area (Å²) in [5.41, 5.74) is 1.55. The van der Waals surface area contributed by atoms with Crippen LogP contribution < -0.4 is 10.1 Å². The first kappa shape index (κ1) is 28.8. The summed E-state index contributed by atoms with van der Waals surface area (Å²) >= 11 is 18.8. The summed E-state index contributed by atoms with van der Waals surface area (Å²) in [4.78, 5) is 28.6. The van der Waals surface area contributed by atoms with Crippen molar-refractivity contribution >= 4 is 46.6 Å². The van der Waals surface area contributed by atoms with Gasteiger partial charge in [0.2, 0.25) is 11.8 Å². The van der Waals surface area contributed by atoms with Crippen LogP contribution in [0.5, 0.6) is 5.75 Å². The molecule has 5 nitrogen and oxygen atoms in total. The quantitative estimate of drug-likeness (QED) is 0.243. The van der Waals surface area contributed by atoms with E-state index in [0.29, 0.717) is 45.8 Å². The molecule has 3 aromatic carbocycles. The largest absolute Gasteiger partial charge is 0.494 e. The van der Waals surface area contributed by atoms with Crippen molar-refractivity contribution in [1.29, 1.82) is 0 Å². The van der Waals surface area contributed by atoms with E-state index in [1.807, 2.05) is 44.2 Å². The molecule has 3 aromatic rings. The molecule has 0 aromatic heterocycles. The fraction of sp³-hybridized carbons (Fsp3) is 0.310. The maximum Gasteiger partial charge on any atom is 0.243 e. The van der Waals surface area contributed by atoms with Gasteiger partial charge in [0.15, 0.2) is 0 Å². The number of halogens is 3. The zero-order valence-corrected chi connectivity index (χ0v) is 23.2. The van der Waals surface area contributed by atoms with Crippen molar-refractivity contribution in [2.45, 2.75) is 51.7 Å². The average Bonchev–Trinajstić information content (AvgIpc) is 2.86. The maximum atomic E-state index is 13.6. The van der Waals surface area contributed by atoms with E-state index in [1.54, 1.807) is 47.4 Å². The average molecular weight is 562 g/mol. The molecule has 0 fully saturated rings. The minimum atomic E-state index is -0.748. The lowest BCUT2D eigenvalue weighted by molar-refractivity contribution is -0.141. The van der Waals surface area contributed by atoms with Gasteiger partial charge in [0.25, 0.3) is 0 Å². The monoisotopic (exact) mass is 560 g/mol. The molecule has 3 rings (SSSR count). The first-order valence-corrected chi connectivity index (χ1v) is 13.3. The number of rotatable bonds is 12. The second kappa shape index (κ2) is 14.3. The van der Waals surface area contributed by atoms with Crippen LogP contribution in [0.3, 0.4) is 0 Å². The van der Waals surface area contributed by atoms with Gasteiger partial charge in [0, 0.05) is 46.1 Å². The van der Waals surface area contributed by atoms with Crippen LogP contribution in [0.1, 0.15) is 37.8 Å². The number of nitrogens with one attached hydrogen (secondary N) is 1. The highest BCUT2D eigenvalue weighted by Crippen LogP contribution is 2.27. The minimum Gasteiger partial charge on any atom is -0.494 e. The molecule has 0 radical (unpaired) electrons. The van der Waals surface area contributed by atoms with Crippen LogP contribution >= 0.6 is 34.8 Å². The molecule has 0 aliphatic carbocycles. The van der Waals surface area contributed by atoms with Gasteiger partial charge in [-0.1, -0.05) is 71.2 Å². The third-order valence-corrected chi connectivity index (χ3v) is 6.67. The number of hydrogen-bond donors (Lipinski definition) is 1. The predicted molar refractivity (Wildman–Crippen MR) is 150 cm³/mol. The van der Waals surface area contributed by atoms with Crippen LogP contribution in [-0.2, 0) is 22.6 Å². The van der Waals surface area contributed by atoms with E-state index >= 15 is 0 Å². The van der Waals surface area contributed by atoms with Gasteiger partial charge in [-0.15, -0.1) is 0 Å². The van der Waals surface area contributed by atoms with Crippen LogP contribution in [0.25, 0.3) is 0 Å². The number of benzene rings is 3. The van der Waals surface area contributed by atoms with Crippen molar-refractivity contribution in [3.05, 3.63) is 99.0 Å². The standard InChI is InChI=1S/C29H31Cl3N2O3/c1-20(2)33-29(36)27(18-21-8-4-3-5-9-21)34(19-24-25(31)10-6-11-26(24)32)28(35)12-7-17-37-23-15-13-22(30)14-16-23/h3-6,8-11,13-16,20,27H,7,12,17-19H2,1-2H3,(H,33,36)/t27-/m1/s1. The fourth-order valence-corrected chi connectivity index (χ4v) is 4.52. The van der Waals surface area contributed by atoms with Crippen LogP contribution in [0.2, 0.25) is 15.1 Å². The number of amides is 2. The number of carbonyl (C=O) groups excluding carboxylic acids is 2. The van der Waals surface area contributed by atoms with E-state index < -0.39 is 6.04 Å². The Balaban J connectivity index is 1.83. The Kier molecular flexibility index (Phi) is 11.1. The fourth-order valence-electron chi connectivity index (χ4n) is 3.88. The summed E-state index contributed by atoms with van der Waals surface area (Å²) in [5.74, 6) is 0.262. The molecule has 0 bridgehead atoms. The zero-order chi connectivity index (χ0) is 26.8. The Hall–Kier alpha value is -2.73. The highest BCUT2D eigenvalue weighted by Gasteiger charge is 2.31. The third-order valence-electron chi connectivity index (χ3n) is 5.71. The summed E-state index contributed by atoms with van der Waals surface area (Å²) in [7, 11) is 0. The van der Waals surface area contributed by atoms with E-state index in [2.05, 4.69) is 5.32 Å². The first-order chi connectivity index (χ1) is 17.7. The zero-order valence-electron chi connectivity index (χ0n) is 20.9. The predicted octanol–water partition coefficient (Wildman–Crippen LogP) is 6.97. The molecule has 0 aliphatic rings. The smallest absolute Gasteiger partial charge is 0.243 e. The molecule has 0 aliphatic heterocycles. The van der Waals surface area contributed by atoms with Crippen LogP contribution in [-0.4, -0.2) is 35.4 Å². The van der Waals surface area contributed by atoms with Gasteiger partial charge in [-0.05, 0) is 62.2 Å². The first-order valence-electron chi connectivity index (χ1n) is 12.2. The number of hydrogen-bond acceptors (Lipinski definition) is 3. The molecule has 0 saturated heterocycles. The Morgan fingerprint density at radius 3 is 2.16 bits per heavy atom. The Morgan fingerprint density at radius 1 is 0.892 bits per heavy atom. The van der Waals surface area contributed by atoms with Crippen LogP contribution in [0.4, 0.5) is 0 Å². The normalized spacial score (nSPS) is 11.7. The van der Waals surface area contributed by atoms with Crippen LogP contribution in [0.15, 0.2) is 72.8 Å². The van der Waals surface area contributed by atoms with Gasteiger partial charge in [0.05, 0.1) is 6.61 Å². The van der Waals surface area contributed by atoms with E-state index in [1.165, 1.54) is 0 Å². The van der Waals surface area contributed by atoms with Crippen molar-refractivity contribution in [3.63, 3.8) is 0 Å². The van der Waals surface area contributed by atoms with Gasteiger partial charge < -0.3 is 15.0 Å². The number of nitrogens with zero attached hydrogens (tertiary/aromatic N) is 1. The summed E-state index contributed by atoms with van der Waals surface area (Å²) < 4.78 is 5.75. The maximum absolute atomic E-state index is 13.6. The summed E-state index contributed by atoms with van der Waals surface area (Å²) in [6.07, 6.45) is 1.02. The lowest BCUT2D eigenvalue weighted by Gasteiger charge is -2.32. The van der Waals surface area contributed by atoms with E-state index in [-0.39, 0.29) is 30.8 Å². The molecule has 8 heteroatoms. The molecule has 1 atom stereocenters. The van der Waals surface area contributed by atoms with Gasteiger partial charge >= 0.3 is 0 Å². The number of carbonyl (C=O) groups is 2. The van der Waals surface area contributed by atoms with Gasteiger partial charge in [-0.2, -0.15) is 0 Å². The second-order valence-electron chi connectivity index (χ2n) is 9.00. The van der Waals surface area contributed by atoms with Gasteiger partial charge in [0.1, 0.15) is 11.8 Å². The molecule has 37 heavy (non-hydrogen) atoms. The molecular weight excluding hydrogens is 531 g/mol. The second-order valence-corrected chi connectivity index (χ2v) is 10.2. The Morgan fingerprint density at radius 2 is 1.54 bits per heavy atom. The highest BCUT2D eigenvalue weighted by atomic mass is 35.5. The molecular formula is C29H31Cl3N2O3. The topological polar surface area (TPSA) is 58.6 Å². The third kappa shape index (κ3) is 8.96. The van der Waals surface area contributed by atoms with E-state index in [9.17, 15) is 9.59 Å². The Bertz CT molecular complexity index is 1150.